The van der Waals surface area contributed by atoms with E-state index in [4.69, 9.17) is 0 Å². The molecule has 0 fully saturated rings. The van der Waals surface area contributed by atoms with Crippen molar-refractivity contribution in [2.24, 2.45) is 0 Å². The van der Waals surface area contributed by atoms with Crippen LogP contribution in [0.3, 0.4) is 0 Å². The molecule has 0 bridgehead atoms. The van der Waals surface area contributed by atoms with Gasteiger partial charge in [-0.2, -0.15) is 0 Å². The zero-order valence-corrected chi connectivity index (χ0v) is 14.9. The lowest BCUT2D eigenvalue weighted by molar-refractivity contribution is 0.186. The van der Waals surface area contributed by atoms with Gasteiger partial charge in [-0.1, -0.05) is 26.7 Å². The van der Waals surface area contributed by atoms with Gasteiger partial charge in [-0.25, -0.2) is 25.3 Å². The third kappa shape index (κ3) is 4.62. The SMILES string of the molecule is CCCCS(=O)(=O)C(OC)([SH](=O)=O)S(=O)(=O)CCCC.O. The Balaban J connectivity index is 0. The number of hydrogen-bond acceptors (Lipinski definition) is 7. The van der Waals surface area contributed by atoms with Crippen LogP contribution >= 0.6 is 0 Å². The molecular formula is C10H24O8S3. The molecule has 130 valence electrons. The number of rotatable bonds is 10. The summed E-state index contributed by atoms with van der Waals surface area (Å²) in [5.74, 6) is -1.10. The van der Waals surface area contributed by atoms with Crippen molar-refractivity contribution in [3.8, 4) is 0 Å². The number of unbranched alkanes of at least 4 members (excludes halogenated alkanes) is 2. The molecular weight excluding hydrogens is 344 g/mol. The van der Waals surface area contributed by atoms with Crippen LogP contribution < -0.4 is 0 Å². The topological polar surface area (TPSA) is 143 Å². The Hall–Kier alpha value is -0.230. The molecule has 0 atom stereocenters. The van der Waals surface area contributed by atoms with Crippen LogP contribution in [-0.2, 0) is 35.1 Å². The van der Waals surface area contributed by atoms with Crippen molar-refractivity contribution < 1.29 is 35.5 Å². The maximum Gasteiger partial charge on any atom is 0.368 e. The maximum absolute atomic E-state index is 12.2. The van der Waals surface area contributed by atoms with Crippen molar-refractivity contribution in [1.82, 2.24) is 0 Å². The molecule has 0 aromatic rings. The standard InChI is InChI=1S/C10H22O7S3.H2O/c1-4-6-8-19(13,14)10(17-3,18(11)12)20(15,16)9-7-5-2;/h18H,4-9H2,1-3H3;1H2. The summed E-state index contributed by atoms with van der Waals surface area (Å²) in [6, 6.07) is 0. The molecule has 0 saturated heterocycles. The van der Waals surface area contributed by atoms with E-state index >= 15 is 0 Å². The van der Waals surface area contributed by atoms with Gasteiger partial charge < -0.3 is 10.2 Å². The van der Waals surface area contributed by atoms with Crippen molar-refractivity contribution in [1.29, 1.82) is 0 Å². The minimum Gasteiger partial charge on any atom is -0.412 e. The smallest absolute Gasteiger partial charge is 0.368 e. The van der Waals surface area contributed by atoms with Crippen LogP contribution in [0.1, 0.15) is 39.5 Å². The Labute approximate surface area is 128 Å². The summed E-state index contributed by atoms with van der Waals surface area (Å²) >= 11 is 0. The molecule has 0 heterocycles. The van der Waals surface area contributed by atoms with Gasteiger partial charge in [0.05, 0.1) is 11.5 Å². The van der Waals surface area contributed by atoms with E-state index in [0.717, 1.165) is 7.11 Å². The van der Waals surface area contributed by atoms with Crippen LogP contribution in [0.15, 0.2) is 0 Å². The van der Waals surface area contributed by atoms with Crippen molar-refractivity contribution >= 4 is 30.4 Å². The summed E-state index contributed by atoms with van der Waals surface area (Å²) in [5, 5.41) is 0. The summed E-state index contributed by atoms with van der Waals surface area (Å²) < 4.78 is 73.1. The fourth-order valence-electron chi connectivity index (χ4n) is 1.68. The Kier molecular flexibility index (Phi) is 9.91. The second kappa shape index (κ2) is 9.03. The van der Waals surface area contributed by atoms with Crippen LogP contribution in [0.5, 0.6) is 0 Å². The lowest BCUT2D eigenvalue weighted by Crippen LogP contribution is -2.51. The highest BCUT2D eigenvalue weighted by Gasteiger charge is 2.58. The Morgan fingerprint density at radius 1 is 0.905 bits per heavy atom. The van der Waals surface area contributed by atoms with Crippen molar-refractivity contribution in [2.75, 3.05) is 18.6 Å². The third-order valence-corrected chi connectivity index (χ3v) is 11.1. The molecule has 0 amide bonds. The highest BCUT2D eigenvalue weighted by Crippen LogP contribution is 2.30. The minimum atomic E-state index is -4.49. The van der Waals surface area contributed by atoms with E-state index in [1.807, 2.05) is 0 Å². The monoisotopic (exact) mass is 368 g/mol. The summed E-state index contributed by atoms with van der Waals surface area (Å²) in [5.41, 5.74) is 0. The number of hydrogen-bond donors (Lipinski definition) is 1. The Bertz CT molecular complexity index is 527. The van der Waals surface area contributed by atoms with Gasteiger partial charge in [0.1, 0.15) is 0 Å². The van der Waals surface area contributed by atoms with E-state index in [1.54, 1.807) is 13.8 Å². The van der Waals surface area contributed by atoms with Gasteiger partial charge in [0.2, 0.25) is 30.4 Å². The second-order valence-corrected chi connectivity index (χ2v) is 10.8. The largest absolute Gasteiger partial charge is 0.412 e. The van der Waals surface area contributed by atoms with Gasteiger partial charge in [-0.3, -0.25) is 0 Å². The van der Waals surface area contributed by atoms with Crippen LogP contribution in [0.2, 0.25) is 0 Å². The van der Waals surface area contributed by atoms with E-state index in [9.17, 15) is 25.3 Å². The zero-order chi connectivity index (χ0) is 16.0. The van der Waals surface area contributed by atoms with Crippen molar-refractivity contribution in [2.45, 2.75) is 43.1 Å². The Morgan fingerprint density at radius 3 is 1.43 bits per heavy atom. The molecule has 0 unspecified atom stereocenters. The first-order chi connectivity index (χ1) is 9.13. The fourth-order valence-corrected chi connectivity index (χ4v) is 8.60. The molecule has 0 aliphatic carbocycles. The molecule has 0 aromatic carbocycles. The second-order valence-electron chi connectivity index (χ2n) is 4.33. The van der Waals surface area contributed by atoms with Crippen LogP contribution in [0, 0.1) is 0 Å². The minimum absolute atomic E-state index is 0. The van der Waals surface area contributed by atoms with E-state index in [-0.39, 0.29) is 18.3 Å². The molecule has 0 aromatic heterocycles. The van der Waals surface area contributed by atoms with Gasteiger partial charge >= 0.3 is 3.60 Å². The van der Waals surface area contributed by atoms with Gasteiger partial charge in [-0.15, -0.1) is 0 Å². The number of methoxy groups -OCH3 is 1. The fraction of sp³-hybridized carbons (Fsp3) is 1.00. The summed E-state index contributed by atoms with van der Waals surface area (Å²) in [6.07, 6.45) is 1.31. The Morgan fingerprint density at radius 2 is 1.24 bits per heavy atom. The summed E-state index contributed by atoms with van der Waals surface area (Å²) in [6.45, 7) is 3.43. The van der Waals surface area contributed by atoms with E-state index in [2.05, 4.69) is 4.74 Å². The molecule has 8 nitrogen and oxygen atoms in total. The van der Waals surface area contributed by atoms with Gasteiger partial charge in [0.15, 0.2) is 0 Å². The van der Waals surface area contributed by atoms with Crippen molar-refractivity contribution in [3.05, 3.63) is 0 Å². The van der Waals surface area contributed by atoms with E-state index < -0.39 is 45.5 Å². The molecule has 0 spiro atoms. The number of sulfone groups is 2. The first-order valence-corrected chi connectivity index (χ1v) is 10.7. The summed E-state index contributed by atoms with van der Waals surface area (Å²) in [7, 11) is -12.0. The molecule has 0 radical (unpaired) electrons. The normalized spacial score (nSPS) is 13.1. The first-order valence-electron chi connectivity index (χ1n) is 6.27. The molecule has 0 saturated carbocycles. The lowest BCUT2D eigenvalue weighted by atomic mass is 10.4. The maximum atomic E-state index is 12.2. The van der Waals surface area contributed by atoms with E-state index in [0.29, 0.717) is 12.8 Å². The highest BCUT2D eigenvalue weighted by atomic mass is 32.3. The third-order valence-electron chi connectivity index (χ3n) is 2.80. The predicted molar refractivity (Wildman–Crippen MR) is 81.1 cm³/mol. The molecule has 0 rings (SSSR count). The highest BCUT2D eigenvalue weighted by molar-refractivity contribution is 8.21. The van der Waals surface area contributed by atoms with Gasteiger partial charge in [0.25, 0.3) is 0 Å². The molecule has 0 aliphatic heterocycles. The summed E-state index contributed by atoms with van der Waals surface area (Å²) in [4.78, 5) is 0. The number of ether oxygens (including phenoxy) is 1. The van der Waals surface area contributed by atoms with Gasteiger partial charge in [0, 0.05) is 7.11 Å². The zero-order valence-electron chi connectivity index (χ0n) is 12.4. The molecule has 0 aliphatic rings. The average Bonchev–Trinajstić information content (AvgIpc) is 2.34. The lowest BCUT2D eigenvalue weighted by Gasteiger charge is -2.25. The van der Waals surface area contributed by atoms with Crippen LogP contribution in [0.4, 0.5) is 0 Å². The van der Waals surface area contributed by atoms with Crippen LogP contribution in [0.25, 0.3) is 0 Å². The first kappa shape index (κ1) is 23.0. The van der Waals surface area contributed by atoms with E-state index in [1.165, 1.54) is 0 Å². The molecule has 11 heteroatoms. The number of thiol groups is 1. The van der Waals surface area contributed by atoms with Crippen molar-refractivity contribution in [3.63, 3.8) is 0 Å². The van der Waals surface area contributed by atoms with Gasteiger partial charge in [-0.05, 0) is 12.8 Å². The van der Waals surface area contributed by atoms with Crippen LogP contribution in [-0.4, -0.2) is 52.9 Å². The molecule has 21 heavy (non-hydrogen) atoms. The average molecular weight is 368 g/mol. The quantitative estimate of drug-likeness (QED) is 0.510. The molecule has 2 N–H and O–H groups in total. The predicted octanol–water partition coefficient (Wildman–Crippen LogP) is -0.539.